The van der Waals surface area contributed by atoms with Gasteiger partial charge in [-0.25, -0.2) is 4.39 Å². The topological polar surface area (TPSA) is 33.5 Å². The first-order valence-electron chi connectivity index (χ1n) is 7.68. The first kappa shape index (κ1) is 18.9. The van der Waals surface area contributed by atoms with Crippen molar-refractivity contribution in [2.75, 3.05) is 18.9 Å². The van der Waals surface area contributed by atoms with Gasteiger partial charge >= 0.3 is 6.18 Å². The summed E-state index contributed by atoms with van der Waals surface area (Å²) in [6.45, 7) is 2.13. The van der Waals surface area contributed by atoms with Crippen molar-refractivity contribution in [1.82, 2.24) is 0 Å². The van der Waals surface area contributed by atoms with Crippen molar-refractivity contribution in [3.05, 3.63) is 65.0 Å². The van der Waals surface area contributed by atoms with Gasteiger partial charge in [0.1, 0.15) is 12.4 Å². The largest absolute Gasteiger partial charge is 0.416 e. The minimum absolute atomic E-state index is 0.108. The van der Waals surface area contributed by atoms with E-state index < -0.39 is 17.6 Å². The molecule has 2 aromatic rings. The molecule has 2 N–H and O–H groups in total. The number of carbonyl (C=O) groups excluding carboxylic acids is 1. The lowest BCUT2D eigenvalue weighted by molar-refractivity contribution is -0.885. The molecule has 0 saturated heterocycles. The van der Waals surface area contributed by atoms with E-state index in [-0.39, 0.29) is 12.5 Å². The van der Waals surface area contributed by atoms with Gasteiger partial charge in [-0.2, -0.15) is 13.2 Å². The number of carbonyl (C=O) groups is 1. The lowest BCUT2D eigenvalue weighted by atomic mass is 10.1. The van der Waals surface area contributed by atoms with Crippen LogP contribution in [-0.4, -0.2) is 19.5 Å². The Morgan fingerprint density at radius 3 is 2.32 bits per heavy atom. The maximum absolute atomic E-state index is 13.5. The molecule has 134 valence electrons. The van der Waals surface area contributed by atoms with E-state index in [1.54, 1.807) is 26.1 Å². The number of nitrogens with one attached hydrogen (secondary N) is 2. The van der Waals surface area contributed by atoms with Crippen molar-refractivity contribution in [3.8, 4) is 0 Å². The summed E-state index contributed by atoms with van der Waals surface area (Å²) in [5, 5.41) is 2.61. The molecule has 0 fully saturated rings. The minimum atomic E-state index is -4.36. The number of aryl methyl sites for hydroxylation is 1. The van der Waals surface area contributed by atoms with Crippen LogP contribution in [0.15, 0.2) is 42.5 Å². The average Bonchev–Trinajstić information content (AvgIpc) is 2.50. The Morgan fingerprint density at radius 2 is 1.76 bits per heavy atom. The summed E-state index contributed by atoms with van der Waals surface area (Å²) in [5.41, 5.74) is 0.853. The SMILES string of the molecule is Cc1ccc(NC(=O)C[NH+](C)Cc2ccc(C(F)(F)F)cc2)cc1F. The third-order valence-corrected chi connectivity index (χ3v) is 3.71. The van der Waals surface area contributed by atoms with Gasteiger partial charge in [-0.15, -0.1) is 0 Å². The van der Waals surface area contributed by atoms with Crippen LogP contribution < -0.4 is 10.2 Å². The van der Waals surface area contributed by atoms with E-state index in [9.17, 15) is 22.4 Å². The summed E-state index contributed by atoms with van der Waals surface area (Å²) >= 11 is 0. The van der Waals surface area contributed by atoms with Crippen LogP contribution in [0, 0.1) is 12.7 Å². The van der Waals surface area contributed by atoms with E-state index in [0.717, 1.165) is 17.0 Å². The maximum atomic E-state index is 13.5. The molecular formula is C18H19F4N2O+. The molecule has 3 nitrogen and oxygen atoms in total. The number of hydrogen-bond acceptors (Lipinski definition) is 1. The van der Waals surface area contributed by atoms with Gasteiger partial charge in [-0.3, -0.25) is 4.79 Å². The molecule has 0 aliphatic rings. The first-order chi connectivity index (χ1) is 11.6. The van der Waals surface area contributed by atoms with Crippen molar-refractivity contribution in [3.63, 3.8) is 0 Å². The highest BCUT2D eigenvalue weighted by Crippen LogP contribution is 2.28. The number of hydrogen-bond donors (Lipinski definition) is 2. The molecule has 0 heterocycles. The molecule has 0 aliphatic heterocycles. The summed E-state index contributed by atoms with van der Waals surface area (Å²) in [4.78, 5) is 12.8. The lowest BCUT2D eigenvalue weighted by Crippen LogP contribution is -3.08. The van der Waals surface area contributed by atoms with E-state index in [2.05, 4.69) is 5.32 Å². The molecule has 1 amide bonds. The van der Waals surface area contributed by atoms with E-state index >= 15 is 0 Å². The fraction of sp³-hybridized carbons (Fsp3) is 0.278. The zero-order valence-corrected chi connectivity index (χ0v) is 13.9. The van der Waals surface area contributed by atoms with Crippen LogP contribution in [0.2, 0.25) is 0 Å². The number of alkyl halides is 3. The van der Waals surface area contributed by atoms with Crippen molar-refractivity contribution in [2.45, 2.75) is 19.6 Å². The highest BCUT2D eigenvalue weighted by molar-refractivity contribution is 5.91. The van der Waals surface area contributed by atoms with Crippen molar-refractivity contribution < 1.29 is 27.3 Å². The summed E-state index contributed by atoms with van der Waals surface area (Å²) in [7, 11) is 1.76. The lowest BCUT2D eigenvalue weighted by Gasteiger charge is -2.15. The maximum Gasteiger partial charge on any atom is 0.416 e. The van der Waals surface area contributed by atoms with Gasteiger partial charge in [0.15, 0.2) is 6.54 Å². The summed E-state index contributed by atoms with van der Waals surface area (Å²) in [6.07, 6.45) is -4.36. The second-order valence-electron chi connectivity index (χ2n) is 6.02. The van der Waals surface area contributed by atoms with Crippen LogP contribution in [-0.2, 0) is 17.5 Å². The molecule has 0 saturated carbocycles. The van der Waals surface area contributed by atoms with Gasteiger partial charge in [-0.05, 0) is 36.8 Å². The summed E-state index contributed by atoms with van der Waals surface area (Å²) in [6, 6.07) is 9.29. The number of benzene rings is 2. The zero-order valence-electron chi connectivity index (χ0n) is 13.9. The van der Waals surface area contributed by atoms with Gasteiger partial charge in [0.05, 0.1) is 12.6 Å². The molecule has 0 aromatic heterocycles. The fourth-order valence-electron chi connectivity index (χ4n) is 2.37. The van der Waals surface area contributed by atoms with Gasteiger partial charge in [-0.1, -0.05) is 18.2 Å². The van der Waals surface area contributed by atoms with Gasteiger partial charge in [0.2, 0.25) is 0 Å². The number of halogens is 4. The van der Waals surface area contributed by atoms with Crippen LogP contribution in [0.1, 0.15) is 16.7 Å². The highest BCUT2D eigenvalue weighted by atomic mass is 19.4. The van der Waals surface area contributed by atoms with Gasteiger partial charge in [0.25, 0.3) is 5.91 Å². The normalized spacial score (nSPS) is 12.7. The smallest absolute Gasteiger partial charge is 0.326 e. The minimum Gasteiger partial charge on any atom is -0.326 e. The van der Waals surface area contributed by atoms with E-state index in [1.807, 2.05) is 0 Å². The number of rotatable bonds is 5. The molecule has 1 atom stereocenters. The molecular weight excluding hydrogens is 336 g/mol. The Morgan fingerprint density at radius 1 is 1.12 bits per heavy atom. The molecule has 7 heteroatoms. The Bertz CT molecular complexity index is 742. The monoisotopic (exact) mass is 355 g/mol. The third kappa shape index (κ3) is 5.56. The number of quaternary nitrogens is 1. The van der Waals surface area contributed by atoms with Crippen LogP contribution in [0.5, 0.6) is 0 Å². The second-order valence-corrected chi connectivity index (χ2v) is 6.02. The molecule has 1 unspecified atom stereocenters. The zero-order chi connectivity index (χ0) is 18.6. The highest BCUT2D eigenvalue weighted by Gasteiger charge is 2.30. The van der Waals surface area contributed by atoms with E-state index in [0.29, 0.717) is 23.4 Å². The number of likely N-dealkylation sites (N-methyl/N-ethyl adjacent to an activating group) is 1. The average molecular weight is 355 g/mol. The summed E-state index contributed by atoms with van der Waals surface area (Å²) in [5.74, 6) is -0.698. The van der Waals surface area contributed by atoms with E-state index in [1.165, 1.54) is 18.2 Å². The van der Waals surface area contributed by atoms with Gasteiger partial charge in [0, 0.05) is 11.3 Å². The van der Waals surface area contributed by atoms with Gasteiger partial charge < -0.3 is 10.2 Å². The number of anilines is 1. The third-order valence-electron chi connectivity index (χ3n) is 3.71. The van der Waals surface area contributed by atoms with Crippen LogP contribution in [0.4, 0.5) is 23.2 Å². The molecule has 0 spiro atoms. The quantitative estimate of drug-likeness (QED) is 0.795. The predicted molar refractivity (Wildman–Crippen MR) is 86.7 cm³/mol. The summed E-state index contributed by atoms with van der Waals surface area (Å²) < 4.78 is 51.0. The molecule has 0 bridgehead atoms. The predicted octanol–water partition coefficient (Wildman–Crippen LogP) is 2.81. The van der Waals surface area contributed by atoms with Crippen LogP contribution in [0.25, 0.3) is 0 Å². The van der Waals surface area contributed by atoms with Crippen LogP contribution >= 0.6 is 0 Å². The Hall–Kier alpha value is -2.41. The van der Waals surface area contributed by atoms with Crippen LogP contribution in [0.3, 0.4) is 0 Å². The Balaban J connectivity index is 1.89. The molecule has 2 rings (SSSR count). The molecule has 25 heavy (non-hydrogen) atoms. The Kier molecular flexibility index (Phi) is 5.79. The molecule has 0 radical (unpaired) electrons. The first-order valence-corrected chi connectivity index (χ1v) is 7.68. The van der Waals surface area contributed by atoms with Crippen molar-refractivity contribution in [1.29, 1.82) is 0 Å². The van der Waals surface area contributed by atoms with E-state index in [4.69, 9.17) is 0 Å². The molecule has 0 aliphatic carbocycles. The standard InChI is InChI=1S/C18H18F4N2O/c1-12-3-8-15(9-16(12)19)23-17(25)11-24(2)10-13-4-6-14(7-5-13)18(20,21)22/h3-9H,10-11H2,1-2H3,(H,23,25)/p+1. The number of amides is 1. The second kappa shape index (κ2) is 7.65. The molecule has 2 aromatic carbocycles. The van der Waals surface area contributed by atoms with Crippen molar-refractivity contribution in [2.24, 2.45) is 0 Å². The fourth-order valence-corrected chi connectivity index (χ4v) is 2.37. The van der Waals surface area contributed by atoms with Crippen molar-refractivity contribution >= 4 is 11.6 Å². The Labute approximate surface area is 143 Å².